The number of nitrogen functional groups attached to an aromatic ring is 1. The molecule has 7 heteroatoms. The molecule has 0 atom stereocenters. The van der Waals surface area contributed by atoms with Gasteiger partial charge in [-0.25, -0.2) is 0 Å². The van der Waals surface area contributed by atoms with Gasteiger partial charge in [0.05, 0.1) is 39.3 Å². The first-order valence-electron chi connectivity index (χ1n) is 5.22. The predicted octanol–water partition coefficient (Wildman–Crippen LogP) is 4.70. The molecule has 100 valence electrons. The molecule has 1 aromatic carbocycles. The Bertz CT molecular complexity index is 599. The average molecular weight is 452 g/mol. The molecule has 0 unspecified atom stereocenters. The van der Waals surface area contributed by atoms with Gasteiger partial charge in [-0.15, -0.1) is 0 Å². The molecule has 0 radical (unpaired) electrons. The summed E-state index contributed by atoms with van der Waals surface area (Å²) in [4.78, 5) is 4.00. The Morgan fingerprint density at radius 3 is 2.47 bits per heavy atom. The molecular formula is C12H10Br3N3O. The lowest BCUT2D eigenvalue weighted by molar-refractivity contribution is 0.412. The number of benzene rings is 1. The third-order valence-electron chi connectivity index (χ3n) is 2.43. The van der Waals surface area contributed by atoms with Crippen molar-refractivity contribution in [1.29, 1.82) is 0 Å². The summed E-state index contributed by atoms with van der Waals surface area (Å²) in [7, 11) is 1.62. The van der Waals surface area contributed by atoms with Crippen molar-refractivity contribution < 1.29 is 4.74 Å². The zero-order chi connectivity index (χ0) is 14.0. The molecule has 0 fully saturated rings. The number of rotatable bonds is 3. The Hall–Kier alpha value is -0.790. The maximum atomic E-state index is 5.91. The van der Waals surface area contributed by atoms with E-state index in [1.165, 1.54) is 0 Å². The number of hydrogen-bond acceptors (Lipinski definition) is 4. The number of ether oxygens (including phenoxy) is 1. The van der Waals surface area contributed by atoms with Crippen LogP contribution in [0.15, 0.2) is 37.9 Å². The minimum atomic E-state index is 0.558. The summed E-state index contributed by atoms with van der Waals surface area (Å²) in [6, 6.07) is 3.78. The fourth-order valence-electron chi connectivity index (χ4n) is 1.50. The monoisotopic (exact) mass is 449 g/mol. The molecule has 19 heavy (non-hydrogen) atoms. The van der Waals surface area contributed by atoms with Crippen LogP contribution in [0.3, 0.4) is 0 Å². The standard InChI is InChI=1S/C12H10Br3N3O/c1-19-11-3-10(6(13)2-7(11)14)18-12-8(15)4-17-5-9(12)16/h2-5H,16H2,1H3,(H,17,18). The van der Waals surface area contributed by atoms with Crippen molar-refractivity contribution in [2.45, 2.75) is 0 Å². The van der Waals surface area contributed by atoms with Crippen molar-refractivity contribution in [2.24, 2.45) is 0 Å². The number of aromatic nitrogens is 1. The second-order valence-electron chi connectivity index (χ2n) is 3.68. The molecule has 0 saturated heterocycles. The van der Waals surface area contributed by atoms with E-state index in [0.29, 0.717) is 5.69 Å². The maximum Gasteiger partial charge on any atom is 0.135 e. The van der Waals surface area contributed by atoms with Gasteiger partial charge in [0.2, 0.25) is 0 Å². The Kier molecular flexibility index (Phi) is 4.70. The number of nitrogens with one attached hydrogen (secondary N) is 1. The largest absolute Gasteiger partial charge is 0.495 e. The lowest BCUT2D eigenvalue weighted by atomic mass is 10.2. The van der Waals surface area contributed by atoms with E-state index in [1.54, 1.807) is 19.5 Å². The molecule has 2 aromatic rings. The molecule has 3 N–H and O–H groups in total. The lowest BCUT2D eigenvalue weighted by Crippen LogP contribution is -1.99. The summed E-state index contributed by atoms with van der Waals surface area (Å²) in [5, 5.41) is 3.25. The first kappa shape index (κ1) is 14.6. The van der Waals surface area contributed by atoms with E-state index in [9.17, 15) is 0 Å². The van der Waals surface area contributed by atoms with Gasteiger partial charge in [0.25, 0.3) is 0 Å². The van der Waals surface area contributed by atoms with Crippen LogP contribution in [-0.4, -0.2) is 12.1 Å². The number of hydrogen-bond donors (Lipinski definition) is 2. The van der Waals surface area contributed by atoms with Gasteiger partial charge in [0.15, 0.2) is 0 Å². The molecule has 0 bridgehead atoms. The summed E-state index contributed by atoms with van der Waals surface area (Å²) in [6.45, 7) is 0. The summed E-state index contributed by atoms with van der Waals surface area (Å²) in [5.41, 5.74) is 8.08. The summed E-state index contributed by atoms with van der Waals surface area (Å²) in [6.07, 6.45) is 3.28. The van der Waals surface area contributed by atoms with Crippen molar-refractivity contribution in [3.63, 3.8) is 0 Å². The van der Waals surface area contributed by atoms with E-state index in [0.717, 1.165) is 30.5 Å². The Morgan fingerprint density at radius 2 is 1.84 bits per heavy atom. The topological polar surface area (TPSA) is 60.2 Å². The molecule has 1 heterocycles. The van der Waals surface area contributed by atoms with Crippen LogP contribution >= 0.6 is 47.8 Å². The number of methoxy groups -OCH3 is 1. The lowest BCUT2D eigenvalue weighted by Gasteiger charge is -2.14. The first-order chi connectivity index (χ1) is 9.02. The number of nitrogens with zero attached hydrogens (tertiary/aromatic N) is 1. The molecule has 0 aliphatic rings. The van der Waals surface area contributed by atoms with Crippen molar-refractivity contribution in [1.82, 2.24) is 4.98 Å². The Morgan fingerprint density at radius 1 is 1.11 bits per heavy atom. The zero-order valence-electron chi connectivity index (χ0n) is 9.88. The number of anilines is 3. The van der Waals surface area contributed by atoms with E-state index in [4.69, 9.17) is 10.5 Å². The fourth-order valence-corrected chi connectivity index (χ4v) is 3.20. The predicted molar refractivity (Wildman–Crippen MR) is 88.0 cm³/mol. The van der Waals surface area contributed by atoms with E-state index < -0.39 is 0 Å². The van der Waals surface area contributed by atoms with Crippen molar-refractivity contribution in [3.8, 4) is 5.75 Å². The molecule has 0 aliphatic carbocycles. The molecule has 0 saturated carbocycles. The number of pyridine rings is 1. The van der Waals surface area contributed by atoms with Gasteiger partial charge < -0.3 is 15.8 Å². The molecule has 2 rings (SSSR count). The van der Waals surface area contributed by atoms with Gasteiger partial charge in [-0.1, -0.05) is 0 Å². The highest BCUT2D eigenvalue weighted by Crippen LogP contribution is 2.38. The normalized spacial score (nSPS) is 10.3. The maximum absolute atomic E-state index is 5.91. The van der Waals surface area contributed by atoms with Crippen molar-refractivity contribution >= 4 is 64.9 Å². The Labute approximate surface area is 136 Å². The van der Waals surface area contributed by atoms with E-state index in [1.807, 2.05) is 12.1 Å². The van der Waals surface area contributed by atoms with Crippen LogP contribution in [0.4, 0.5) is 17.1 Å². The molecular weight excluding hydrogens is 442 g/mol. The van der Waals surface area contributed by atoms with E-state index in [2.05, 4.69) is 58.1 Å². The van der Waals surface area contributed by atoms with Crippen LogP contribution in [0, 0.1) is 0 Å². The fraction of sp³-hybridized carbons (Fsp3) is 0.0833. The third-order valence-corrected chi connectivity index (χ3v) is 4.31. The quantitative estimate of drug-likeness (QED) is 0.710. The van der Waals surface area contributed by atoms with Crippen LogP contribution in [0.25, 0.3) is 0 Å². The van der Waals surface area contributed by atoms with Gasteiger partial charge in [0, 0.05) is 16.7 Å². The molecule has 4 nitrogen and oxygen atoms in total. The van der Waals surface area contributed by atoms with E-state index in [-0.39, 0.29) is 0 Å². The molecule has 0 amide bonds. The SMILES string of the molecule is COc1cc(Nc2c(N)cncc2Br)c(Br)cc1Br. The second kappa shape index (κ2) is 6.11. The molecule has 0 aliphatic heterocycles. The van der Waals surface area contributed by atoms with Crippen LogP contribution in [0.5, 0.6) is 5.75 Å². The summed E-state index contributed by atoms with van der Waals surface area (Å²) >= 11 is 10.3. The number of nitrogens with two attached hydrogens (primary N) is 1. The second-order valence-corrected chi connectivity index (χ2v) is 6.24. The smallest absolute Gasteiger partial charge is 0.135 e. The van der Waals surface area contributed by atoms with Crippen LogP contribution in [0.1, 0.15) is 0 Å². The minimum absolute atomic E-state index is 0.558. The molecule has 1 aromatic heterocycles. The highest BCUT2D eigenvalue weighted by atomic mass is 79.9. The highest BCUT2D eigenvalue weighted by molar-refractivity contribution is 9.11. The van der Waals surface area contributed by atoms with Gasteiger partial charge >= 0.3 is 0 Å². The van der Waals surface area contributed by atoms with Crippen molar-refractivity contribution in [2.75, 3.05) is 18.2 Å². The zero-order valence-corrected chi connectivity index (χ0v) is 14.6. The third kappa shape index (κ3) is 3.21. The average Bonchev–Trinajstić information content (AvgIpc) is 2.36. The van der Waals surface area contributed by atoms with Gasteiger partial charge in [-0.05, 0) is 53.9 Å². The summed E-state index contributed by atoms with van der Waals surface area (Å²) in [5.74, 6) is 0.731. The molecule has 0 spiro atoms. The number of halogens is 3. The van der Waals surface area contributed by atoms with Crippen LogP contribution in [-0.2, 0) is 0 Å². The summed E-state index contributed by atoms with van der Waals surface area (Å²) < 4.78 is 7.83. The van der Waals surface area contributed by atoms with Crippen molar-refractivity contribution in [3.05, 3.63) is 37.9 Å². The highest BCUT2D eigenvalue weighted by Gasteiger charge is 2.10. The van der Waals surface area contributed by atoms with Crippen LogP contribution in [0.2, 0.25) is 0 Å². The Balaban J connectivity index is 2.44. The van der Waals surface area contributed by atoms with Gasteiger partial charge in [-0.2, -0.15) is 0 Å². The van der Waals surface area contributed by atoms with Gasteiger partial charge in [-0.3, -0.25) is 4.98 Å². The minimum Gasteiger partial charge on any atom is -0.495 e. The first-order valence-corrected chi connectivity index (χ1v) is 7.60. The van der Waals surface area contributed by atoms with Gasteiger partial charge in [0.1, 0.15) is 5.75 Å². The van der Waals surface area contributed by atoms with Crippen LogP contribution < -0.4 is 15.8 Å². The van der Waals surface area contributed by atoms with E-state index >= 15 is 0 Å².